The van der Waals surface area contributed by atoms with Gasteiger partial charge in [0.2, 0.25) is 0 Å². The first-order valence-corrected chi connectivity index (χ1v) is 8.65. The summed E-state index contributed by atoms with van der Waals surface area (Å²) in [6.45, 7) is 11.3. The van der Waals surface area contributed by atoms with E-state index in [0.717, 1.165) is 26.2 Å². The molecule has 21 heavy (non-hydrogen) atoms. The molecular formula is C18H27NOS. The van der Waals surface area contributed by atoms with Crippen LogP contribution in [-0.2, 0) is 17.9 Å². The molecule has 0 fully saturated rings. The minimum Gasteiger partial charge on any atom is -0.377 e. The molecule has 0 saturated heterocycles. The van der Waals surface area contributed by atoms with Crippen molar-refractivity contribution >= 4 is 21.4 Å². The molecule has 3 heteroatoms. The molecule has 0 amide bonds. The molecule has 2 aromatic rings. The number of benzene rings is 1. The second-order valence-corrected chi connectivity index (χ2v) is 7.65. The van der Waals surface area contributed by atoms with Gasteiger partial charge in [-0.3, -0.25) is 0 Å². The van der Waals surface area contributed by atoms with Gasteiger partial charge in [-0.15, -0.1) is 11.3 Å². The normalized spacial score (nSPS) is 12.2. The maximum atomic E-state index is 5.88. The molecule has 0 aliphatic carbocycles. The molecule has 0 aliphatic heterocycles. The number of hydrogen-bond acceptors (Lipinski definition) is 3. The second-order valence-electron chi connectivity index (χ2n) is 6.51. The molecule has 1 aromatic heterocycles. The quantitative estimate of drug-likeness (QED) is 0.718. The number of nitrogens with one attached hydrogen (secondary N) is 1. The average molecular weight is 305 g/mol. The van der Waals surface area contributed by atoms with Crippen molar-refractivity contribution in [1.82, 2.24) is 5.32 Å². The molecule has 0 bridgehead atoms. The molecule has 0 saturated carbocycles. The maximum Gasteiger partial charge on any atom is 0.0734 e. The van der Waals surface area contributed by atoms with Crippen LogP contribution in [-0.4, -0.2) is 12.1 Å². The fourth-order valence-electron chi connectivity index (χ4n) is 2.22. The highest BCUT2D eigenvalue weighted by Gasteiger charge is 2.15. The third kappa shape index (κ3) is 4.80. The Bertz CT molecular complexity index is 568. The van der Waals surface area contributed by atoms with E-state index >= 15 is 0 Å². The summed E-state index contributed by atoms with van der Waals surface area (Å²) >= 11 is 1.89. The van der Waals surface area contributed by atoms with Crippen molar-refractivity contribution in [3.63, 3.8) is 0 Å². The summed E-state index contributed by atoms with van der Waals surface area (Å²) in [6, 6.07) is 8.65. The maximum absolute atomic E-state index is 5.88. The third-order valence-electron chi connectivity index (χ3n) is 3.45. The Morgan fingerprint density at radius 1 is 1.19 bits per heavy atom. The molecule has 0 spiro atoms. The Morgan fingerprint density at radius 3 is 2.67 bits per heavy atom. The predicted octanol–water partition coefficient (Wildman–Crippen LogP) is 5.11. The van der Waals surface area contributed by atoms with Crippen LogP contribution < -0.4 is 5.32 Å². The Hall–Kier alpha value is -0.900. The zero-order valence-electron chi connectivity index (χ0n) is 13.7. The van der Waals surface area contributed by atoms with Crippen LogP contribution in [0.3, 0.4) is 0 Å². The molecule has 1 aromatic carbocycles. The summed E-state index contributed by atoms with van der Waals surface area (Å²) in [4.78, 5) is 1.41. The number of unbranched alkanes of at least 4 members (excludes halogenated alkanes) is 1. The summed E-state index contributed by atoms with van der Waals surface area (Å²) in [5, 5.41) is 4.95. The number of rotatable bonds is 7. The first-order valence-electron chi connectivity index (χ1n) is 7.83. The van der Waals surface area contributed by atoms with Crippen molar-refractivity contribution in [2.24, 2.45) is 0 Å². The SMILES string of the molecule is CCCCOCc1c(CNC(C)(C)C)sc2ccccc12. The van der Waals surface area contributed by atoms with Crippen molar-refractivity contribution in [3.05, 3.63) is 34.7 Å². The lowest BCUT2D eigenvalue weighted by Crippen LogP contribution is -2.35. The van der Waals surface area contributed by atoms with Crippen LogP contribution in [0.4, 0.5) is 0 Å². The number of thiophene rings is 1. The van der Waals surface area contributed by atoms with Gasteiger partial charge in [0.1, 0.15) is 0 Å². The third-order valence-corrected chi connectivity index (χ3v) is 4.66. The summed E-state index contributed by atoms with van der Waals surface area (Å²) in [6.07, 6.45) is 2.32. The Balaban J connectivity index is 2.17. The summed E-state index contributed by atoms with van der Waals surface area (Å²) in [5.41, 5.74) is 1.50. The summed E-state index contributed by atoms with van der Waals surface area (Å²) < 4.78 is 7.24. The van der Waals surface area contributed by atoms with Gasteiger partial charge in [0.15, 0.2) is 0 Å². The molecule has 116 valence electrons. The fourth-order valence-corrected chi connectivity index (χ4v) is 3.37. The van der Waals surface area contributed by atoms with Gasteiger partial charge >= 0.3 is 0 Å². The van der Waals surface area contributed by atoms with E-state index in [4.69, 9.17) is 4.74 Å². The van der Waals surface area contributed by atoms with E-state index in [1.54, 1.807) is 0 Å². The monoisotopic (exact) mass is 305 g/mol. The molecule has 0 aliphatic rings. The standard InChI is InChI=1S/C18H27NOS/c1-5-6-11-20-13-15-14-9-7-8-10-16(14)21-17(15)12-19-18(2,3)4/h7-10,19H,5-6,11-13H2,1-4H3. The zero-order chi connectivity index (χ0) is 15.3. The van der Waals surface area contributed by atoms with Crippen molar-refractivity contribution in [3.8, 4) is 0 Å². The number of hydrogen-bond donors (Lipinski definition) is 1. The van der Waals surface area contributed by atoms with Crippen molar-refractivity contribution in [1.29, 1.82) is 0 Å². The number of ether oxygens (including phenoxy) is 1. The molecule has 2 nitrogen and oxygen atoms in total. The summed E-state index contributed by atoms with van der Waals surface area (Å²) in [5.74, 6) is 0. The van der Waals surface area contributed by atoms with E-state index in [0.29, 0.717) is 0 Å². The zero-order valence-corrected chi connectivity index (χ0v) is 14.5. The lowest BCUT2D eigenvalue weighted by Gasteiger charge is -2.20. The van der Waals surface area contributed by atoms with E-state index in [1.807, 2.05) is 11.3 Å². The highest BCUT2D eigenvalue weighted by Crippen LogP contribution is 2.32. The van der Waals surface area contributed by atoms with Gasteiger partial charge < -0.3 is 10.1 Å². The second kappa shape index (κ2) is 7.39. The molecular weight excluding hydrogens is 278 g/mol. The van der Waals surface area contributed by atoms with Crippen molar-refractivity contribution in [2.45, 2.75) is 59.2 Å². The van der Waals surface area contributed by atoms with E-state index in [-0.39, 0.29) is 5.54 Å². The van der Waals surface area contributed by atoms with Crippen LogP contribution in [0.5, 0.6) is 0 Å². The number of fused-ring (bicyclic) bond motifs is 1. The minimum atomic E-state index is 0.135. The molecule has 1 heterocycles. The minimum absolute atomic E-state index is 0.135. The van der Waals surface area contributed by atoms with Gasteiger partial charge in [-0.1, -0.05) is 31.5 Å². The van der Waals surface area contributed by atoms with Crippen LogP contribution in [0, 0.1) is 0 Å². The molecule has 2 rings (SSSR count). The van der Waals surface area contributed by atoms with Gasteiger partial charge in [0.25, 0.3) is 0 Å². The Morgan fingerprint density at radius 2 is 1.95 bits per heavy atom. The van der Waals surface area contributed by atoms with Crippen LogP contribution in [0.15, 0.2) is 24.3 Å². The Kier molecular flexibility index (Phi) is 5.80. The van der Waals surface area contributed by atoms with Crippen LogP contribution in [0.25, 0.3) is 10.1 Å². The lowest BCUT2D eigenvalue weighted by molar-refractivity contribution is 0.118. The van der Waals surface area contributed by atoms with Gasteiger partial charge in [-0.05, 0) is 38.6 Å². The van der Waals surface area contributed by atoms with Crippen LogP contribution >= 0.6 is 11.3 Å². The topological polar surface area (TPSA) is 21.3 Å². The highest BCUT2D eigenvalue weighted by atomic mass is 32.1. The molecule has 1 N–H and O–H groups in total. The molecule has 0 radical (unpaired) electrons. The van der Waals surface area contributed by atoms with E-state index < -0.39 is 0 Å². The fraction of sp³-hybridized carbons (Fsp3) is 0.556. The average Bonchev–Trinajstić information content (AvgIpc) is 2.79. The van der Waals surface area contributed by atoms with Crippen LogP contribution in [0.2, 0.25) is 0 Å². The molecule has 0 atom stereocenters. The summed E-state index contributed by atoms with van der Waals surface area (Å²) in [7, 11) is 0. The van der Waals surface area contributed by atoms with E-state index in [2.05, 4.69) is 57.3 Å². The van der Waals surface area contributed by atoms with E-state index in [1.165, 1.54) is 26.9 Å². The van der Waals surface area contributed by atoms with E-state index in [9.17, 15) is 0 Å². The lowest BCUT2D eigenvalue weighted by atomic mass is 10.1. The molecule has 0 unspecified atom stereocenters. The van der Waals surface area contributed by atoms with Crippen molar-refractivity contribution < 1.29 is 4.74 Å². The highest BCUT2D eigenvalue weighted by molar-refractivity contribution is 7.19. The van der Waals surface area contributed by atoms with Crippen LogP contribution in [0.1, 0.15) is 51.0 Å². The Labute approximate surface area is 132 Å². The first-order chi connectivity index (χ1) is 10.0. The predicted molar refractivity (Wildman–Crippen MR) is 93.0 cm³/mol. The smallest absolute Gasteiger partial charge is 0.0734 e. The largest absolute Gasteiger partial charge is 0.377 e. The first kappa shape index (κ1) is 16.5. The van der Waals surface area contributed by atoms with Gasteiger partial charge in [0.05, 0.1) is 6.61 Å². The van der Waals surface area contributed by atoms with Crippen molar-refractivity contribution in [2.75, 3.05) is 6.61 Å². The van der Waals surface area contributed by atoms with Gasteiger partial charge in [-0.25, -0.2) is 0 Å². The van der Waals surface area contributed by atoms with Gasteiger partial charge in [-0.2, -0.15) is 0 Å². The van der Waals surface area contributed by atoms with Gasteiger partial charge in [0, 0.05) is 33.8 Å².